The molecule has 6 heteroatoms. The van der Waals surface area contributed by atoms with Crippen molar-refractivity contribution in [2.75, 3.05) is 18.6 Å². The van der Waals surface area contributed by atoms with Gasteiger partial charge in [0.05, 0.1) is 11.7 Å². The minimum Gasteiger partial charge on any atom is -0.396 e. The number of rotatable bonds is 10. The number of aryl methyl sites for hydroxylation is 1. The number of aldehydes is 1. The standard InChI is InChI=1S/C22H26N2O4.C2H6/c1-23-20(27)12-10-16(14-26)24-19-8-5-7-17-15(6-3-2-4-13-25)9-11-18(21(17)19)22(24)28;1-2/h5,7-9,11,14,16,25H,2-4,6,10,12-13H2,1H3,(H,23,27);1-2H3. The summed E-state index contributed by atoms with van der Waals surface area (Å²) in [7, 11) is 1.55. The average Bonchev–Trinajstić information content (AvgIpc) is 3.07. The Morgan fingerprint density at radius 1 is 1.17 bits per heavy atom. The zero-order valence-corrected chi connectivity index (χ0v) is 18.1. The fourth-order valence-corrected chi connectivity index (χ4v) is 3.88. The van der Waals surface area contributed by atoms with Crippen molar-refractivity contribution in [3.05, 3.63) is 41.5 Å². The molecule has 0 aromatic heterocycles. The molecule has 2 aromatic rings. The first kappa shape index (κ1) is 23.5. The molecule has 2 N–H and O–H groups in total. The topological polar surface area (TPSA) is 86.7 Å². The lowest BCUT2D eigenvalue weighted by atomic mass is 9.96. The Morgan fingerprint density at radius 2 is 1.93 bits per heavy atom. The molecule has 0 bridgehead atoms. The van der Waals surface area contributed by atoms with E-state index in [1.807, 2.05) is 44.2 Å². The largest absolute Gasteiger partial charge is 0.396 e. The van der Waals surface area contributed by atoms with Gasteiger partial charge < -0.3 is 15.2 Å². The lowest BCUT2D eigenvalue weighted by Crippen LogP contribution is -2.39. The molecule has 2 aromatic carbocycles. The number of carbonyl (C=O) groups is 3. The van der Waals surface area contributed by atoms with E-state index in [0.717, 1.165) is 48.4 Å². The van der Waals surface area contributed by atoms with Crippen molar-refractivity contribution in [2.45, 2.75) is 58.4 Å². The number of aliphatic hydroxyl groups is 1. The quantitative estimate of drug-likeness (QED) is 0.461. The summed E-state index contributed by atoms with van der Waals surface area (Å²) in [5.74, 6) is -0.341. The van der Waals surface area contributed by atoms with Gasteiger partial charge in [-0.3, -0.25) is 14.5 Å². The van der Waals surface area contributed by atoms with Crippen LogP contribution in [-0.4, -0.2) is 42.9 Å². The molecule has 0 saturated heterocycles. The van der Waals surface area contributed by atoms with Crippen LogP contribution >= 0.6 is 0 Å². The van der Waals surface area contributed by atoms with Gasteiger partial charge in [0.1, 0.15) is 6.29 Å². The first-order valence-corrected chi connectivity index (χ1v) is 10.8. The number of unbranched alkanes of at least 4 members (excludes halogenated alkanes) is 2. The molecular formula is C24H32N2O4. The Balaban J connectivity index is 0.00000155. The van der Waals surface area contributed by atoms with E-state index >= 15 is 0 Å². The third-order valence-corrected chi connectivity index (χ3v) is 5.36. The second kappa shape index (κ2) is 11.5. The second-order valence-electron chi connectivity index (χ2n) is 7.10. The fourth-order valence-electron chi connectivity index (χ4n) is 3.88. The molecule has 0 radical (unpaired) electrons. The van der Waals surface area contributed by atoms with Gasteiger partial charge in [0.2, 0.25) is 5.91 Å². The molecule has 1 heterocycles. The van der Waals surface area contributed by atoms with Crippen molar-refractivity contribution in [2.24, 2.45) is 0 Å². The van der Waals surface area contributed by atoms with Gasteiger partial charge in [-0.05, 0) is 48.8 Å². The molecule has 0 aliphatic carbocycles. The molecule has 6 nitrogen and oxygen atoms in total. The zero-order chi connectivity index (χ0) is 22.1. The number of benzene rings is 2. The summed E-state index contributed by atoms with van der Waals surface area (Å²) in [6.45, 7) is 4.20. The van der Waals surface area contributed by atoms with Crippen LogP contribution in [0, 0.1) is 0 Å². The van der Waals surface area contributed by atoms with E-state index in [1.165, 1.54) is 10.5 Å². The van der Waals surface area contributed by atoms with Gasteiger partial charge in [-0.25, -0.2) is 0 Å². The van der Waals surface area contributed by atoms with E-state index in [4.69, 9.17) is 5.11 Å². The summed E-state index contributed by atoms with van der Waals surface area (Å²) in [5.41, 5.74) is 2.52. The van der Waals surface area contributed by atoms with Crippen LogP contribution in [0.3, 0.4) is 0 Å². The summed E-state index contributed by atoms with van der Waals surface area (Å²) >= 11 is 0. The Morgan fingerprint density at radius 3 is 2.60 bits per heavy atom. The molecule has 1 aliphatic rings. The van der Waals surface area contributed by atoms with Crippen LogP contribution in [0.25, 0.3) is 10.8 Å². The smallest absolute Gasteiger partial charge is 0.259 e. The summed E-state index contributed by atoms with van der Waals surface area (Å²) in [5, 5.41) is 13.4. The van der Waals surface area contributed by atoms with Crippen LogP contribution in [0.15, 0.2) is 30.3 Å². The minimum absolute atomic E-state index is 0.153. The molecule has 3 rings (SSSR count). The Bertz CT molecular complexity index is 894. The highest BCUT2D eigenvalue weighted by molar-refractivity contribution is 6.26. The van der Waals surface area contributed by atoms with Crippen LogP contribution in [0.2, 0.25) is 0 Å². The van der Waals surface area contributed by atoms with Crippen molar-refractivity contribution >= 4 is 34.6 Å². The molecule has 1 unspecified atom stereocenters. The van der Waals surface area contributed by atoms with Crippen LogP contribution in [-0.2, 0) is 16.0 Å². The maximum Gasteiger partial charge on any atom is 0.259 e. The van der Waals surface area contributed by atoms with Crippen molar-refractivity contribution < 1.29 is 19.5 Å². The van der Waals surface area contributed by atoms with Gasteiger partial charge in [-0.1, -0.05) is 38.5 Å². The van der Waals surface area contributed by atoms with Gasteiger partial charge in [-0.15, -0.1) is 0 Å². The average molecular weight is 413 g/mol. The highest BCUT2D eigenvalue weighted by atomic mass is 16.3. The molecule has 30 heavy (non-hydrogen) atoms. The fraction of sp³-hybridized carbons (Fsp3) is 0.458. The molecule has 1 atom stereocenters. The molecule has 0 spiro atoms. The van der Waals surface area contributed by atoms with E-state index < -0.39 is 6.04 Å². The molecule has 0 saturated carbocycles. The van der Waals surface area contributed by atoms with Crippen molar-refractivity contribution in [3.8, 4) is 0 Å². The first-order valence-electron chi connectivity index (χ1n) is 10.8. The maximum absolute atomic E-state index is 13.0. The summed E-state index contributed by atoms with van der Waals surface area (Å²) < 4.78 is 0. The Hall–Kier alpha value is -2.73. The minimum atomic E-state index is -0.671. The second-order valence-corrected chi connectivity index (χ2v) is 7.10. The maximum atomic E-state index is 13.0. The number of amides is 2. The van der Waals surface area contributed by atoms with Crippen LogP contribution < -0.4 is 10.2 Å². The number of aliphatic hydroxyl groups excluding tert-OH is 1. The number of hydrogen-bond acceptors (Lipinski definition) is 4. The lowest BCUT2D eigenvalue weighted by Gasteiger charge is -2.24. The monoisotopic (exact) mass is 412 g/mol. The van der Waals surface area contributed by atoms with E-state index in [-0.39, 0.29) is 31.3 Å². The van der Waals surface area contributed by atoms with Gasteiger partial charge in [0.15, 0.2) is 0 Å². The molecule has 1 aliphatic heterocycles. The van der Waals surface area contributed by atoms with E-state index in [0.29, 0.717) is 5.56 Å². The SMILES string of the molecule is CC.CNC(=O)CCC(C=O)N1C(=O)c2ccc(CCCCCO)c3cccc1c23. The van der Waals surface area contributed by atoms with Crippen LogP contribution in [0.4, 0.5) is 5.69 Å². The third kappa shape index (κ3) is 4.87. The summed E-state index contributed by atoms with van der Waals surface area (Å²) in [4.78, 5) is 37.9. The van der Waals surface area contributed by atoms with Crippen molar-refractivity contribution in [1.29, 1.82) is 0 Å². The highest BCUT2D eigenvalue weighted by Crippen LogP contribution is 2.40. The van der Waals surface area contributed by atoms with E-state index in [9.17, 15) is 14.4 Å². The van der Waals surface area contributed by atoms with Crippen LogP contribution in [0.1, 0.15) is 61.9 Å². The molecule has 162 valence electrons. The lowest BCUT2D eigenvalue weighted by molar-refractivity contribution is -0.120. The number of nitrogens with zero attached hydrogens (tertiary/aromatic N) is 1. The predicted octanol–water partition coefficient (Wildman–Crippen LogP) is 3.63. The molecule has 2 amide bonds. The summed E-state index contributed by atoms with van der Waals surface area (Å²) in [6, 6.07) is 8.95. The Kier molecular flexibility index (Phi) is 8.99. The van der Waals surface area contributed by atoms with E-state index in [2.05, 4.69) is 5.32 Å². The number of carbonyl (C=O) groups excluding carboxylic acids is 3. The highest BCUT2D eigenvalue weighted by Gasteiger charge is 2.35. The normalized spacial score (nSPS) is 13.1. The third-order valence-electron chi connectivity index (χ3n) is 5.36. The first-order chi connectivity index (χ1) is 14.6. The molecular weight excluding hydrogens is 380 g/mol. The molecule has 0 fully saturated rings. The number of nitrogens with one attached hydrogen (secondary N) is 1. The number of hydrogen-bond donors (Lipinski definition) is 2. The van der Waals surface area contributed by atoms with Gasteiger partial charge in [0, 0.05) is 31.0 Å². The van der Waals surface area contributed by atoms with Gasteiger partial charge >= 0.3 is 0 Å². The predicted molar refractivity (Wildman–Crippen MR) is 120 cm³/mol. The van der Waals surface area contributed by atoms with Crippen molar-refractivity contribution in [3.63, 3.8) is 0 Å². The van der Waals surface area contributed by atoms with Crippen molar-refractivity contribution in [1.82, 2.24) is 5.32 Å². The van der Waals surface area contributed by atoms with E-state index in [1.54, 1.807) is 7.05 Å². The van der Waals surface area contributed by atoms with Crippen LogP contribution in [0.5, 0.6) is 0 Å². The summed E-state index contributed by atoms with van der Waals surface area (Å²) in [6.07, 6.45) is 4.82. The van der Waals surface area contributed by atoms with Gasteiger partial charge in [-0.2, -0.15) is 0 Å². The number of anilines is 1. The zero-order valence-electron chi connectivity index (χ0n) is 18.1. The Labute approximate surface area is 178 Å². The van der Waals surface area contributed by atoms with Gasteiger partial charge in [0.25, 0.3) is 5.91 Å².